The molecule has 0 N–H and O–H groups in total. The first-order valence-corrected chi connectivity index (χ1v) is 17.3. The van der Waals surface area contributed by atoms with E-state index in [2.05, 4.69) is 180 Å². The Labute approximate surface area is 295 Å². The van der Waals surface area contributed by atoms with Crippen molar-refractivity contribution < 1.29 is 0 Å². The first-order valence-electron chi connectivity index (χ1n) is 17.3. The Morgan fingerprint density at radius 3 is 1.43 bits per heavy atom. The molecule has 0 aliphatic rings. The van der Waals surface area contributed by atoms with Crippen molar-refractivity contribution in [1.82, 2.24) is 14.5 Å². The lowest BCUT2D eigenvalue weighted by molar-refractivity contribution is 0.996. The molecule has 0 amide bonds. The van der Waals surface area contributed by atoms with Gasteiger partial charge < -0.3 is 0 Å². The fourth-order valence-corrected chi connectivity index (χ4v) is 7.48. The average Bonchev–Trinajstić information content (AvgIpc) is 3.56. The maximum atomic E-state index is 5.20. The van der Waals surface area contributed by atoms with E-state index in [1.165, 1.54) is 54.6 Å². The molecule has 0 aliphatic carbocycles. The number of fused-ring (bicyclic) bond motifs is 6. The van der Waals surface area contributed by atoms with Gasteiger partial charge in [0.15, 0.2) is 0 Å². The molecule has 51 heavy (non-hydrogen) atoms. The van der Waals surface area contributed by atoms with Crippen LogP contribution in [0.25, 0.3) is 94.1 Å². The number of hydrogen-bond donors (Lipinski definition) is 0. The number of para-hydroxylation sites is 1. The Morgan fingerprint density at radius 2 is 0.804 bits per heavy atom. The summed E-state index contributed by atoms with van der Waals surface area (Å²) in [6, 6.07) is 66.8. The molecule has 10 aromatic rings. The van der Waals surface area contributed by atoms with Gasteiger partial charge in [0.1, 0.15) is 0 Å². The fraction of sp³-hybridized carbons (Fsp3) is 0. The molecule has 2 heterocycles. The van der Waals surface area contributed by atoms with Gasteiger partial charge in [-0.15, -0.1) is 0 Å². The normalized spacial score (nSPS) is 11.5. The molecule has 0 atom stereocenters. The lowest BCUT2D eigenvalue weighted by Crippen LogP contribution is -2.03. The van der Waals surface area contributed by atoms with Crippen LogP contribution in [0.15, 0.2) is 188 Å². The third kappa shape index (κ3) is 5.06. The second kappa shape index (κ2) is 11.9. The van der Waals surface area contributed by atoms with Crippen LogP contribution in [0.5, 0.6) is 0 Å². The van der Waals surface area contributed by atoms with Crippen molar-refractivity contribution >= 4 is 43.4 Å². The van der Waals surface area contributed by atoms with Crippen LogP contribution in [0, 0.1) is 0 Å². The summed E-state index contributed by atoms with van der Waals surface area (Å²) >= 11 is 0. The van der Waals surface area contributed by atoms with E-state index in [9.17, 15) is 0 Å². The topological polar surface area (TPSA) is 30.7 Å². The van der Waals surface area contributed by atoms with Crippen LogP contribution in [0.1, 0.15) is 0 Å². The second-order valence-corrected chi connectivity index (χ2v) is 13.1. The van der Waals surface area contributed by atoms with Gasteiger partial charge in [-0.2, -0.15) is 0 Å². The molecular weight excluding hydrogens is 619 g/mol. The smallest absolute Gasteiger partial charge is 0.235 e. The molecule has 0 spiro atoms. The minimum Gasteiger partial charge on any atom is -0.278 e. The summed E-state index contributed by atoms with van der Waals surface area (Å²) in [5.41, 5.74) is 10.9. The van der Waals surface area contributed by atoms with Gasteiger partial charge >= 0.3 is 0 Å². The van der Waals surface area contributed by atoms with Crippen LogP contribution in [0.2, 0.25) is 0 Å². The molecular formula is C48H31N3. The number of rotatable bonds is 5. The summed E-state index contributed by atoms with van der Waals surface area (Å²) in [6.45, 7) is 0. The molecule has 0 saturated carbocycles. The largest absolute Gasteiger partial charge is 0.278 e. The molecule has 0 saturated heterocycles. The van der Waals surface area contributed by atoms with E-state index in [0.29, 0.717) is 5.95 Å². The van der Waals surface area contributed by atoms with Crippen LogP contribution < -0.4 is 0 Å². The molecule has 10 rings (SSSR count). The maximum absolute atomic E-state index is 5.20. The van der Waals surface area contributed by atoms with Crippen molar-refractivity contribution in [3.05, 3.63) is 188 Å². The highest BCUT2D eigenvalue weighted by Gasteiger charge is 2.18. The van der Waals surface area contributed by atoms with Crippen molar-refractivity contribution in [2.75, 3.05) is 0 Å². The van der Waals surface area contributed by atoms with Crippen molar-refractivity contribution in [1.29, 1.82) is 0 Å². The first kappa shape index (κ1) is 29.1. The quantitative estimate of drug-likeness (QED) is 0.186. The van der Waals surface area contributed by atoms with E-state index in [1.54, 1.807) is 0 Å². The fourth-order valence-electron chi connectivity index (χ4n) is 7.48. The average molecular weight is 650 g/mol. The molecule has 0 bridgehead atoms. The second-order valence-electron chi connectivity index (χ2n) is 13.1. The monoisotopic (exact) mass is 649 g/mol. The predicted octanol–water partition coefficient (Wildman–Crippen LogP) is 12.5. The van der Waals surface area contributed by atoms with Gasteiger partial charge in [0.25, 0.3) is 0 Å². The van der Waals surface area contributed by atoms with Gasteiger partial charge in [-0.25, -0.2) is 9.97 Å². The van der Waals surface area contributed by atoms with Crippen LogP contribution in [-0.4, -0.2) is 14.5 Å². The summed E-state index contributed by atoms with van der Waals surface area (Å²) in [6.07, 6.45) is 0. The van der Waals surface area contributed by atoms with Crippen LogP contribution in [-0.2, 0) is 0 Å². The van der Waals surface area contributed by atoms with Gasteiger partial charge in [-0.05, 0) is 80.2 Å². The SMILES string of the molecule is c1ccc(-c2ccc3cc(-c4ccc5c(ccc6c5c5ccccc5n6-c5nc(-c6ccccc6)cc(-c6ccccc6)n5)c4)ccc3c2)cc1. The van der Waals surface area contributed by atoms with E-state index in [1.807, 2.05) is 12.1 Å². The van der Waals surface area contributed by atoms with Crippen molar-refractivity contribution in [3.63, 3.8) is 0 Å². The zero-order chi connectivity index (χ0) is 33.7. The van der Waals surface area contributed by atoms with Crippen LogP contribution in [0.3, 0.4) is 0 Å². The first-order chi connectivity index (χ1) is 25.3. The van der Waals surface area contributed by atoms with Gasteiger partial charge in [-0.1, -0.05) is 152 Å². The van der Waals surface area contributed by atoms with Gasteiger partial charge in [0.05, 0.1) is 22.4 Å². The predicted molar refractivity (Wildman–Crippen MR) is 213 cm³/mol. The highest BCUT2D eigenvalue weighted by atomic mass is 15.2. The van der Waals surface area contributed by atoms with Crippen LogP contribution in [0.4, 0.5) is 0 Å². The summed E-state index contributed by atoms with van der Waals surface area (Å²) < 4.78 is 2.23. The lowest BCUT2D eigenvalue weighted by Gasteiger charge is -2.12. The van der Waals surface area contributed by atoms with Gasteiger partial charge in [0.2, 0.25) is 5.95 Å². The van der Waals surface area contributed by atoms with Crippen LogP contribution >= 0.6 is 0 Å². The number of hydrogen-bond acceptors (Lipinski definition) is 2. The van der Waals surface area contributed by atoms with Gasteiger partial charge in [-0.3, -0.25) is 4.57 Å². The molecule has 8 aromatic carbocycles. The molecule has 0 unspecified atom stereocenters. The van der Waals surface area contributed by atoms with Crippen molar-refractivity contribution in [2.45, 2.75) is 0 Å². The summed E-state index contributed by atoms with van der Waals surface area (Å²) in [7, 11) is 0. The van der Waals surface area contributed by atoms with E-state index in [4.69, 9.17) is 9.97 Å². The molecule has 2 aromatic heterocycles. The zero-order valence-electron chi connectivity index (χ0n) is 27.7. The summed E-state index contributed by atoms with van der Waals surface area (Å²) in [5, 5.41) is 7.27. The van der Waals surface area contributed by atoms with Crippen molar-refractivity contribution in [3.8, 4) is 50.7 Å². The number of nitrogens with zero attached hydrogens (tertiary/aromatic N) is 3. The lowest BCUT2D eigenvalue weighted by atomic mass is 9.95. The van der Waals surface area contributed by atoms with E-state index < -0.39 is 0 Å². The van der Waals surface area contributed by atoms with E-state index in [-0.39, 0.29) is 0 Å². The molecule has 3 heteroatoms. The van der Waals surface area contributed by atoms with Crippen molar-refractivity contribution in [2.24, 2.45) is 0 Å². The third-order valence-corrected chi connectivity index (χ3v) is 9.99. The third-order valence-electron chi connectivity index (χ3n) is 9.99. The molecule has 0 fully saturated rings. The van der Waals surface area contributed by atoms with Gasteiger partial charge in [0, 0.05) is 21.9 Å². The number of aromatic nitrogens is 3. The maximum Gasteiger partial charge on any atom is 0.235 e. The van der Waals surface area contributed by atoms with E-state index in [0.717, 1.165) is 33.5 Å². The minimum atomic E-state index is 0.656. The Hall–Kier alpha value is -6.84. The van der Waals surface area contributed by atoms with E-state index >= 15 is 0 Å². The Morgan fingerprint density at radius 1 is 0.314 bits per heavy atom. The number of benzene rings is 8. The molecule has 0 aliphatic heterocycles. The standard InChI is InChI=1S/C48H31N3/c1-4-12-32(13-5-1)35-20-21-37-29-38(23-22-36(37)28-35)39-24-26-41-40(30-39)25-27-46-47(41)42-18-10-11-19-45(42)51(46)48-49-43(33-14-6-2-7-15-33)31-44(50-48)34-16-8-3-9-17-34/h1-31H. The zero-order valence-corrected chi connectivity index (χ0v) is 27.7. The summed E-state index contributed by atoms with van der Waals surface area (Å²) in [5.74, 6) is 0.656. The Balaban J connectivity index is 1.12. The highest BCUT2D eigenvalue weighted by Crippen LogP contribution is 2.39. The molecule has 3 nitrogen and oxygen atoms in total. The molecule has 0 radical (unpaired) electrons. The molecule has 238 valence electrons. The minimum absolute atomic E-state index is 0.656. The summed E-state index contributed by atoms with van der Waals surface area (Å²) in [4.78, 5) is 10.4. The highest BCUT2D eigenvalue weighted by molar-refractivity contribution is 6.21. The Kier molecular flexibility index (Phi) is 6.81. The Bertz CT molecular complexity index is 2830.